The van der Waals surface area contributed by atoms with Crippen LogP contribution in [0, 0.1) is 0 Å². The maximum Gasteiger partial charge on any atom is 0.407 e. The molecule has 0 fully saturated rings. The molecule has 0 aliphatic rings. The molecule has 2 aromatic rings. The summed E-state index contributed by atoms with van der Waals surface area (Å²) in [5.74, 6) is 0.352. The van der Waals surface area contributed by atoms with E-state index in [1.54, 1.807) is 20.8 Å². The van der Waals surface area contributed by atoms with Crippen LogP contribution in [-0.4, -0.2) is 43.1 Å². The molecule has 0 heterocycles. The van der Waals surface area contributed by atoms with Crippen LogP contribution in [-0.2, 0) is 36.4 Å². The van der Waals surface area contributed by atoms with Crippen LogP contribution >= 0.6 is 8.03 Å². The predicted molar refractivity (Wildman–Crippen MR) is 144 cm³/mol. The highest BCUT2D eigenvalue weighted by Crippen LogP contribution is 2.24. The van der Waals surface area contributed by atoms with Crippen LogP contribution in [0.1, 0.15) is 58.1 Å². The molecule has 37 heavy (non-hydrogen) atoms. The lowest BCUT2D eigenvalue weighted by Crippen LogP contribution is -2.42. The van der Waals surface area contributed by atoms with Crippen LogP contribution in [0.2, 0.25) is 0 Å². The Kier molecular flexibility index (Phi) is 13.2. The molecule has 0 spiro atoms. The fourth-order valence-corrected chi connectivity index (χ4v) is 4.19. The summed E-state index contributed by atoms with van der Waals surface area (Å²) in [6.45, 7) is 8.32. The summed E-state index contributed by atoms with van der Waals surface area (Å²) in [5.41, 5.74) is 1.19. The molecule has 0 bridgehead atoms. The van der Waals surface area contributed by atoms with E-state index >= 15 is 0 Å². The zero-order valence-electron chi connectivity index (χ0n) is 22.3. The first-order valence-electron chi connectivity index (χ1n) is 12.7. The summed E-state index contributed by atoms with van der Waals surface area (Å²) in [6.07, 6.45) is 1.99. The van der Waals surface area contributed by atoms with Gasteiger partial charge < -0.3 is 24.1 Å². The van der Waals surface area contributed by atoms with Crippen LogP contribution < -0.4 is 10.1 Å². The molecule has 1 N–H and O–H groups in total. The van der Waals surface area contributed by atoms with Gasteiger partial charge in [0.2, 0.25) is 0 Å². The van der Waals surface area contributed by atoms with Gasteiger partial charge >= 0.3 is 12.1 Å². The molecule has 2 unspecified atom stereocenters. The second-order valence-electron chi connectivity index (χ2n) is 9.72. The maximum atomic E-state index is 12.5. The maximum absolute atomic E-state index is 12.5. The molecule has 0 saturated heterocycles. The SMILES string of the molecule is CCCCOc1ccc(CC(CO[PH](=O)CCC(=O)OCc2ccccc2)NC(=O)OC(C)(C)C)cc1. The number of unbranched alkanes of at least 4 members (excludes halogenated alkanes) is 1. The summed E-state index contributed by atoms with van der Waals surface area (Å²) in [5, 5.41) is 2.81. The summed E-state index contributed by atoms with van der Waals surface area (Å²) in [7, 11) is -2.51. The van der Waals surface area contributed by atoms with Crippen molar-refractivity contribution in [1.29, 1.82) is 0 Å². The zero-order valence-corrected chi connectivity index (χ0v) is 23.3. The van der Waals surface area contributed by atoms with E-state index in [-0.39, 0.29) is 25.8 Å². The Balaban J connectivity index is 1.86. The molecule has 9 heteroatoms. The lowest BCUT2D eigenvalue weighted by molar-refractivity contribution is -0.144. The Hall–Kier alpha value is -2.83. The van der Waals surface area contributed by atoms with Gasteiger partial charge in [-0.2, -0.15) is 0 Å². The number of carbonyl (C=O) groups excluding carboxylic acids is 2. The van der Waals surface area contributed by atoms with Crippen LogP contribution in [0.25, 0.3) is 0 Å². The number of amides is 1. The van der Waals surface area contributed by atoms with Gasteiger partial charge in [-0.3, -0.25) is 9.36 Å². The van der Waals surface area contributed by atoms with Crippen LogP contribution in [0.15, 0.2) is 54.6 Å². The molecule has 0 radical (unpaired) electrons. The Morgan fingerprint density at radius 3 is 2.35 bits per heavy atom. The molecule has 204 valence electrons. The van der Waals surface area contributed by atoms with Gasteiger partial charge in [-0.1, -0.05) is 55.8 Å². The third-order valence-corrected chi connectivity index (χ3v) is 6.26. The fourth-order valence-electron chi connectivity index (χ4n) is 3.25. The van der Waals surface area contributed by atoms with E-state index < -0.39 is 31.7 Å². The first-order chi connectivity index (χ1) is 17.6. The molecule has 2 atom stereocenters. The average molecular weight is 534 g/mol. The lowest BCUT2D eigenvalue weighted by Gasteiger charge is -2.24. The van der Waals surface area contributed by atoms with Crippen molar-refractivity contribution in [3.8, 4) is 5.75 Å². The lowest BCUT2D eigenvalue weighted by atomic mass is 10.1. The third kappa shape index (κ3) is 13.9. The first kappa shape index (κ1) is 30.4. The number of benzene rings is 2. The topological polar surface area (TPSA) is 100 Å². The number of rotatable bonds is 15. The van der Waals surface area contributed by atoms with Gasteiger partial charge in [0, 0.05) is 6.16 Å². The molecule has 0 aliphatic heterocycles. The Labute approximate surface area is 220 Å². The van der Waals surface area contributed by atoms with E-state index in [1.165, 1.54) is 0 Å². The largest absolute Gasteiger partial charge is 0.494 e. The van der Waals surface area contributed by atoms with Gasteiger partial charge in [-0.05, 0) is 56.9 Å². The van der Waals surface area contributed by atoms with Crippen molar-refractivity contribution < 1.29 is 32.9 Å². The monoisotopic (exact) mass is 533 g/mol. The van der Waals surface area contributed by atoms with Gasteiger partial charge in [-0.25, -0.2) is 4.79 Å². The van der Waals surface area contributed by atoms with Crippen molar-refractivity contribution in [2.45, 2.75) is 71.6 Å². The summed E-state index contributed by atoms with van der Waals surface area (Å²) in [6, 6.07) is 16.5. The number of hydrogen-bond acceptors (Lipinski definition) is 7. The fraction of sp³-hybridized carbons (Fsp3) is 0.500. The number of esters is 1. The highest BCUT2D eigenvalue weighted by atomic mass is 31.1. The molecular formula is C28H40NO7P. The van der Waals surface area contributed by atoms with Gasteiger partial charge in [0.05, 0.1) is 25.7 Å². The Bertz CT molecular complexity index is 974. The molecule has 0 aliphatic carbocycles. The smallest absolute Gasteiger partial charge is 0.407 e. The normalized spacial score (nSPS) is 12.9. The molecule has 0 saturated carbocycles. The van der Waals surface area contributed by atoms with Crippen molar-refractivity contribution in [3.05, 3.63) is 65.7 Å². The van der Waals surface area contributed by atoms with E-state index in [0.717, 1.165) is 29.7 Å². The van der Waals surface area contributed by atoms with Crippen LogP contribution in [0.3, 0.4) is 0 Å². The van der Waals surface area contributed by atoms with Crippen molar-refractivity contribution in [1.82, 2.24) is 5.32 Å². The Morgan fingerprint density at radius 1 is 1.00 bits per heavy atom. The number of ether oxygens (including phenoxy) is 3. The zero-order chi connectivity index (χ0) is 27.1. The quantitative estimate of drug-likeness (QED) is 0.172. The minimum Gasteiger partial charge on any atom is -0.494 e. The minimum absolute atomic E-state index is 0.00567. The number of alkyl carbamates (subject to hydrolysis) is 1. The van der Waals surface area contributed by atoms with Crippen molar-refractivity contribution in [3.63, 3.8) is 0 Å². The van der Waals surface area contributed by atoms with Crippen molar-refractivity contribution in [2.75, 3.05) is 19.4 Å². The standard InChI is InChI=1S/C28H40NO7P/c1-5-6-17-33-25-14-12-22(13-15-25)19-24(29-27(31)36-28(2,3)4)21-35-37(32)18-16-26(30)34-20-23-10-8-7-9-11-23/h7-15,24,37H,5-6,16-21H2,1-4H3,(H,29,31). The van der Waals surface area contributed by atoms with Crippen molar-refractivity contribution in [2.24, 2.45) is 0 Å². The summed E-state index contributed by atoms with van der Waals surface area (Å²) >= 11 is 0. The minimum atomic E-state index is -2.51. The molecule has 0 aromatic heterocycles. The van der Waals surface area contributed by atoms with E-state index in [1.807, 2.05) is 54.6 Å². The predicted octanol–water partition coefficient (Wildman–Crippen LogP) is 5.93. The number of carbonyl (C=O) groups is 2. The van der Waals surface area contributed by atoms with Gasteiger partial charge in [-0.15, -0.1) is 0 Å². The molecule has 1 amide bonds. The van der Waals surface area contributed by atoms with E-state index in [0.29, 0.717) is 13.0 Å². The van der Waals surface area contributed by atoms with Crippen LogP contribution in [0.4, 0.5) is 4.79 Å². The van der Waals surface area contributed by atoms with E-state index in [9.17, 15) is 14.2 Å². The second-order valence-corrected chi connectivity index (χ2v) is 11.3. The molecule has 8 nitrogen and oxygen atoms in total. The second kappa shape index (κ2) is 16.1. The molecular weight excluding hydrogens is 493 g/mol. The Morgan fingerprint density at radius 2 is 1.70 bits per heavy atom. The van der Waals surface area contributed by atoms with Gasteiger partial charge in [0.15, 0.2) is 8.03 Å². The van der Waals surface area contributed by atoms with Gasteiger partial charge in [0.1, 0.15) is 18.0 Å². The van der Waals surface area contributed by atoms with E-state index in [4.69, 9.17) is 18.7 Å². The van der Waals surface area contributed by atoms with E-state index in [2.05, 4.69) is 12.2 Å². The molecule has 2 aromatic carbocycles. The number of hydrogen-bond donors (Lipinski definition) is 1. The van der Waals surface area contributed by atoms with Crippen molar-refractivity contribution >= 4 is 20.1 Å². The van der Waals surface area contributed by atoms with Crippen LogP contribution in [0.5, 0.6) is 5.75 Å². The third-order valence-electron chi connectivity index (χ3n) is 5.11. The van der Waals surface area contributed by atoms with Gasteiger partial charge in [0.25, 0.3) is 0 Å². The summed E-state index contributed by atoms with van der Waals surface area (Å²) in [4.78, 5) is 24.4. The first-order valence-corrected chi connectivity index (χ1v) is 14.2. The molecule has 2 rings (SSSR count). The highest BCUT2D eigenvalue weighted by Gasteiger charge is 2.21. The highest BCUT2D eigenvalue weighted by molar-refractivity contribution is 7.39. The number of nitrogens with one attached hydrogen (secondary N) is 1. The summed E-state index contributed by atoms with van der Waals surface area (Å²) < 4.78 is 34.3. The average Bonchev–Trinajstić information content (AvgIpc) is 2.85.